The molecule has 3 nitrogen and oxygen atoms in total. The van der Waals surface area contributed by atoms with Crippen LogP contribution in [-0.2, 0) is 11.3 Å². The Hall–Kier alpha value is -1.65. The first-order chi connectivity index (χ1) is 10.3. The third-order valence-electron chi connectivity index (χ3n) is 3.32. The average molecular weight is 345 g/mol. The molecule has 0 fully saturated rings. The quantitative estimate of drug-likeness (QED) is 0.626. The Labute approximate surface area is 132 Å². The highest BCUT2D eigenvalue weighted by Crippen LogP contribution is 2.22. The number of fused-ring (bicyclic) bond motifs is 1. The summed E-state index contributed by atoms with van der Waals surface area (Å²) in [6.07, 6.45) is 2.91. The molecule has 0 atom stereocenters. The largest absolute Gasteiger partial charge is 0.377 e. The van der Waals surface area contributed by atoms with Crippen molar-refractivity contribution in [3.63, 3.8) is 0 Å². The van der Waals surface area contributed by atoms with Gasteiger partial charge in [-0.1, -0.05) is 35.0 Å². The van der Waals surface area contributed by atoms with Crippen molar-refractivity contribution in [2.75, 3.05) is 6.61 Å². The minimum Gasteiger partial charge on any atom is -0.377 e. The average Bonchev–Trinajstić information content (AvgIpc) is 2.91. The number of aromatic nitrogens is 2. The van der Waals surface area contributed by atoms with Gasteiger partial charge in [-0.15, -0.1) is 0 Å². The van der Waals surface area contributed by atoms with Crippen molar-refractivity contribution in [3.8, 4) is 5.69 Å². The fraction of sp³-hybridized carbons (Fsp3) is 0.235. The minimum atomic E-state index is 0.646. The monoisotopic (exact) mass is 344 g/mol. The lowest BCUT2D eigenvalue weighted by Crippen LogP contribution is -1.95. The van der Waals surface area contributed by atoms with Gasteiger partial charge in [0.1, 0.15) is 6.33 Å². The van der Waals surface area contributed by atoms with Crippen LogP contribution in [0, 0.1) is 0 Å². The molecule has 0 bridgehead atoms. The van der Waals surface area contributed by atoms with Crippen LogP contribution in [0.25, 0.3) is 16.7 Å². The summed E-state index contributed by atoms with van der Waals surface area (Å²) in [6, 6.07) is 14.5. The lowest BCUT2D eigenvalue weighted by Gasteiger charge is -2.06. The predicted octanol–water partition coefficient (Wildman–Crippen LogP) is 4.71. The molecule has 0 spiro atoms. The second-order valence-electron chi connectivity index (χ2n) is 4.97. The van der Waals surface area contributed by atoms with E-state index in [2.05, 4.69) is 62.7 Å². The maximum Gasteiger partial charge on any atom is 0.100 e. The molecular formula is C17H17BrN2O. The first-order valence-electron chi connectivity index (χ1n) is 7.07. The topological polar surface area (TPSA) is 27.1 Å². The highest BCUT2D eigenvalue weighted by molar-refractivity contribution is 9.10. The lowest BCUT2D eigenvalue weighted by molar-refractivity contribution is 0.121. The molecular weight excluding hydrogens is 328 g/mol. The molecule has 0 aliphatic heterocycles. The second-order valence-corrected chi connectivity index (χ2v) is 5.89. The number of nitrogens with zero attached hydrogens (tertiary/aromatic N) is 2. The van der Waals surface area contributed by atoms with Crippen molar-refractivity contribution in [1.29, 1.82) is 0 Å². The van der Waals surface area contributed by atoms with Crippen molar-refractivity contribution in [2.24, 2.45) is 0 Å². The van der Waals surface area contributed by atoms with E-state index >= 15 is 0 Å². The lowest BCUT2D eigenvalue weighted by atomic mass is 10.2. The molecule has 4 heteroatoms. The molecule has 0 unspecified atom stereocenters. The van der Waals surface area contributed by atoms with Gasteiger partial charge in [0, 0.05) is 16.8 Å². The highest BCUT2D eigenvalue weighted by atomic mass is 79.9. The van der Waals surface area contributed by atoms with Gasteiger partial charge >= 0.3 is 0 Å². The third-order valence-corrected chi connectivity index (χ3v) is 3.81. The summed E-state index contributed by atoms with van der Waals surface area (Å²) in [5.41, 5.74) is 4.36. The van der Waals surface area contributed by atoms with Crippen molar-refractivity contribution >= 4 is 27.0 Å². The SMILES string of the molecule is CCCOCc1ccc2c(c1)ncn2-c1cccc(Br)c1. The fourth-order valence-corrected chi connectivity index (χ4v) is 2.70. The van der Waals surface area contributed by atoms with Crippen LogP contribution in [-0.4, -0.2) is 16.2 Å². The maximum atomic E-state index is 5.58. The van der Waals surface area contributed by atoms with E-state index in [1.165, 1.54) is 0 Å². The normalized spacial score (nSPS) is 11.1. The molecule has 0 amide bonds. The Balaban J connectivity index is 1.92. The van der Waals surface area contributed by atoms with E-state index in [4.69, 9.17) is 4.74 Å². The zero-order valence-electron chi connectivity index (χ0n) is 11.9. The standard InChI is InChI=1S/C17H17BrN2O/c1-2-8-21-11-13-6-7-17-16(9-13)19-12-20(17)15-5-3-4-14(18)10-15/h3-7,9-10,12H,2,8,11H2,1H3. The van der Waals surface area contributed by atoms with E-state index in [-0.39, 0.29) is 0 Å². The third kappa shape index (κ3) is 3.17. The van der Waals surface area contributed by atoms with Crippen LogP contribution in [0.4, 0.5) is 0 Å². The van der Waals surface area contributed by atoms with Gasteiger partial charge in [-0.2, -0.15) is 0 Å². The van der Waals surface area contributed by atoms with E-state index in [1.54, 1.807) is 0 Å². The van der Waals surface area contributed by atoms with Gasteiger partial charge in [-0.25, -0.2) is 4.98 Å². The summed E-state index contributed by atoms with van der Waals surface area (Å²) in [7, 11) is 0. The van der Waals surface area contributed by atoms with Crippen molar-refractivity contribution in [1.82, 2.24) is 9.55 Å². The zero-order chi connectivity index (χ0) is 14.7. The van der Waals surface area contributed by atoms with Crippen LogP contribution in [0.3, 0.4) is 0 Å². The van der Waals surface area contributed by atoms with E-state index in [1.807, 2.05) is 18.5 Å². The number of rotatable bonds is 5. The molecule has 0 radical (unpaired) electrons. The first kappa shape index (κ1) is 14.3. The van der Waals surface area contributed by atoms with Gasteiger partial charge in [0.05, 0.1) is 17.6 Å². The zero-order valence-corrected chi connectivity index (χ0v) is 13.5. The maximum absolute atomic E-state index is 5.58. The van der Waals surface area contributed by atoms with Gasteiger partial charge < -0.3 is 4.74 Å². The number of imidazole rings is 1. The molecule has 1 heterocycles. The summed E-state index contributed by atoms with van der Waals surface area (Å²) < 4.78 is 8.74. The molecule has 0 saturated heterocycles. The molecule has 3 aromatic rings. The van der Waals surface area contributed by atoms with Gasteiger partial charge in [-0.3, -0.25) is 4.57 Å². The van der Waals surface area contributed by atoms with Gasteiger partial charge in [-0.05, 0) is 42.3 Å². The number of benzene rings is 2. The van der Waals surface area contributed by atoms with Crippen LogP contribution < -0.4 is 0 Å². The molecule has 0 N–H and O–H groups in total. The molecule has 108 valence electrons. The first-order valence-corrected chi connectivity index (χ1v) is 7.87. The Morgan fingerprint density at radius 2 is 2.10 bits per heavy atom. The Morgan fingerprint density at radius 3 is 2.90 bits per heavy atom. The highest BCUT2D eigenvalue weighted by Gasteiger charge is 2.06. The fourth-order valence-electron chi connectivity index (χ4n) is 2.31. The van der Waals surface area contributed by atoms with Gasteiger partial charge in [0.15, 0.2) is 0 Å². The number of halogens is 1. The van der Waals surface area contributed by atoms with Crippen LogP contribution in [0.5, 0.6) is 0 Å². The van der Waals surface area contributed by atoms with Crippen LogP contribution >= 0.6 is 15.9 Å². The van der Waals surface area contributed by atoms with Crippen LogP contribution in [0.15, 0.2) is 53.3 Å². The Morgan fingerprint density at radius 1 is 1.19 bits per heavy atom. The molecule has 0 aliphatic carbocycles. The van der Waals surface area contributed by atoms with Crippen LogP contribution in [0.2, 0.25) is 0 Å². The van der Waals surface area contributed by atoms with Crippen molar-refractivity contribution in [2.45, 2.75) is 20.0 Å². The number of hydrogen-bond acceptors (Lipinski definition) is 2. The summed E-state index contributed by atoms with van der Waals surface area (Å²) in [4.78, 5) is 4.51. The van der Waals surface area contributed by atoms with Gasteiger partial charge in [0.2, 0.25) is 0 Å². The molecule has 0 aliphatic rings. The number of hydrogen-bond donors (Lipinski definition) is 0. The summed E-state index contributed by atoms with van der Waals surface area (Å²) in [5, 5.41) is 0. The number of ether oxygens (including phenoxy) is 1. The Bertz CT molecular complexity index is 751. The molecule has 21 heavy (non-hydrogen) atoms. The molecule has 2 aromatic carbocycles. The van der Waals surface area contributed by atoms with E-state index in [9.17, 15) is 0 Å². The van der Waals surface area contributed by atoms with Gasteiger partial charge in [0.25, 0.3) is 0 Å². The summed E-state index contributed by atoms with van der Waals surface area (Å²) in [6.45, 7) is 3.56. The van der Waals surface area contributed by atoms with Crippen LogP contribution in [0.1, 0.15) is 18.9 Å². The second kappa shape index (κ2) is 6.41. The van der Waals surface area contributed by atoms with E-state index in [0.29, 0.717) is 6.61 Å². The molecule has 0 saturated carbocycles. The summed E-state index contributed by atoms with van der Waals surface area (Å²) >= 11 is 3.51. The minimum absolute atomic E-state index is 0.646. The molecule has 1 aromatic heterocycles. The smallest absolute Gasteiger partial charge is 0.100 e. The molecule has 3 rings (SSSR count). The predicted molar refractivity (Wildman–Crippen MR) is 88.7 cm³/mol. The van der Waals surface area contributed by atoms with E-state index in [0.717, 1.165) is 39.8 Å². The Kier molecular flexibility index (Phi) is 4.36. The van der Waals surface area contributed by atoms with E-state index < -0.39 is 0 Å². The summed E-state index contributed by atoms with van der Waals surface area (Å²) in [5.74, 6) is 0. The van der Waals surface area contributed by atoms with Crippen molar-refractivity contribution < 1.29 is 4.74 Å². The van der Waals surface area contributed by atoms with Crippen molar-refractivity contribution in [3.05, 3.63) is 58.8 Å².